The number of aromatic nitrogens is 1. The molecule has 0 atom stereocenters. The van der Waals surface area contributed by atoms with Crippen LogP contribution in [0.3, 0.4) is 0 Å². The molecular weight excluding hydrogens is 311 g/mol. The number of alkyl halides is 3. The van der Waals surface area contributed by atoms with Crippen LogP contribution in [0.4, 0.5) is 18.3 Å². The van der Waals surface area contributed by atoms with Crippen LogP contribution in [0.5, 0.6) is 0 Å². The zero-order chi connectivity index (χ0) is 15.6. The van der Waals surface area contributed by atoms with E-state index in [2.05, 4.69) is 22.0 Å². The molecule has 7 heteroatoms. The van der Waals surface area contributed by atoms with E-state index in [1.54, 1.807) is 0 Å². The van der Waals surface area contributed by atoms with Crippen molar-refractivity contribution < 1.29 is 13.2 Å². The van der Waals surface area contributed by atoms with Gasteiger partial charge in [0.15, 0.2) is 5.13 Å². The van der Waals surface area contributed by atoms with Gasteiger partial charge in [-0.25, -0.2) is 4.98 Å². The molecule has 0 radical (unpaired) electrons. The molecule has 3 nitrogen and oxygen atoms in total. The highest BCUT2D eigenvalue weighted by atomic mass is 32.1. The van der Waals surface area contributed by atoms with E-state index >= 15 is 0 Å². The van der Waals surface area contributed by atoms with Crippen LogP contribution in [0, 0.1) is 0 Å². The van der Waals surface area contributed by atoms with E-state index in [1.165, 1.54) is 5.56 Å². The highest BCUT2D eigenvalue weighted by Gasteiger charge is 2.34. The fraction of sp³-hybridized carbons (Fsp3) is 0.400. The van der Waals surface area contributed by atoms with Crippen molar-refractivity contribution in [3.63, 3.8) is 0 Å². The largest absolute Gasteiger partial charge is 0.427 e. The molecule has 0 saturated carbocycles. The van der Waals surface area contributed by atoms with Gasteiger partial charge in [0.1, 0.15) is 4.88 Å². The molecule has 1 aromatic carbocycles. The molecule has 0 unspecified atom stereocenters. The molecule has 118 valence electrons. The lowest BCUT2D eigenvalue weighted by molar-refractivity contribution is -0.134. The Morgan fingerprint density at radius 3 is 2.32 bits per heavy atom. The van der Waals surface area contributed by atoms with Crippen molar-refractivity contribution in [1.82, 2.24) is 9.88 Å². The highest BCUT2D eigenvalue weighted by molar-refractivity contribution is 7.15. The minimum Gasteiger partial charge on any atom is -0.346 e. The van der Waals surface area contributed by atoms with Crippen molar-refractivity contribution in [3.8, 4) is 0 Å². The highest BCUT2D eigenvalue weighted by Crippen LogP contribution is 2.36. The molecule has 3 rings (SSSR count). The van der Waals surface area contributed by atoms with Crippen LogP contribution in [-0.2, 0) is 12.7 Å². The van der Waals surface area contributed by atoms with Gasteiger partial charge in [-0.05, 0) is 5.56 Å². The monoisotopic (exact) mass is 327 g/mol. The lowest BCUT2D eigenvalue weighted by Gasteiger charge is -2.34. The van der Waals surface area contributed by atoms with Crippen LogP contribution in [0.25, 0.3) is 0 Å². The molecule has 0 bridgehead atoms. The van der Waals surface area contributed by atoms with Crippen LogP contribution >= 0.6 is 11.3 Å². The lowest BCUT2D eigenvalue weighted by atomic mass is 10.2. The zero-order valence-electron chi connectivity index (χ0n) is 11.9. The van der Waals surface area contributed by atoms with Gasteiger partial charge in [0, 0.05) is 32.7 Å². The fourth-order valence-corrected chi connectivity index (χ4v) is 3.32. The van der Waals surface area contributed by atoms with Crippen molar-refractivity contribution in [2.75, 3.05) is 31.1 Å². The summed E-state index contributed by atoms with van der Waals surface area (Å²) in [6.07, 6.45) is -3.37. The first-order chi connectivity index (χ1) is 10.5. The van der Waals surface area contributed by atoms with Gasteiger partial charge in [-0.2, -0.15) is 13.2 Å². The maximum absolute atomic E-state index is 12.6. The van der Waals surface area contributed by atoms with Gasteiger partial charge in [0.2, 0.25) is 0 Å². The maximum atomic E-state index is 12.6. The van der Waals surface area contributed by atoms with Gasteiger partial charge in [0.25, 0.3) is 0 Å². The van der Waals surface area contributed by atoms with Gasteiger partial charge >= 0.3 is 6.18 Å². The minimum absolute atomic E-state index is 0.465. The normalized spacial score (nSPS) is 17.0. The minimum atomic E-state index is -4.30. The summed E-state index contributed by atoms with van der Waals surface area (Å²) in [6, 6.07) is 10.2. The molecule has 2 aromatic rings. The van der Waals surface area contributed by atoms with Gasteiger partial charge in [-0.3, -0.25) is 4.90 Å². The van der Waals surface area contributed by atoms with Crippen molar-refractivity contribution in [2.24, 2.45) is 0 Å². The number of nitrogens with zero attached hydrogens (tertiary/aromatic N) is 3. The fourth-order valence-electron chi connectivity index (χ4n) is 2.48. The summed E-state index contributed by atoms with van der Waals surface area (Å²) in [6.45, 7) is 3.95. The average molecular weight is 327 g/mol. The van der Waals surface area contributed by atoms with Crippen molar-refractivity contribution in [2.45, 2.75) is 12.7 Å². The molecule has 2 heterocycles. The Hall–Kier alpha value is -1.60. The Balaban J connectivity index is 1.56. The summed E-state index contributed by atoms with van der Waals surface area (Å²) in [4.78, 5) is 7.53. The summed E-state index contributed by atoms with van der Waals surface area (Å²) in [5, 5.41) is 0.465. The van der Waals surface area contributed by atoms with E-state index in [-0.39, 0.29) is 0 Å². The van der Waals surface area contributed by atoms with Gasteiger partial charge < -0.3 is 4.90 Å². The van der Waals surface area contributed by atoms with Crippen LogP contribution in [0.15, 0.2) is 36.5 Å². The smallest absolute Gasteiger partial charge is 0.346 e. The SMILES string of the molecule is FC(F)(F)c1cnc(N2CCN(Cc3ccccc3)CC2)s1. The summed E-state index contributed by atoms with van der Waals surface area (Å²) >= 11 is 0.723. The third kappa shape index (κ3) is 3.59. The van der Waals surface area contributed by atoms with E-state index in [0.717, 1.165) is 37.2 Å². The van der Waals surface area contributed by atoms with Crippen LogP contribution < -0.4 is 4.90 Å². The second-order valence-electron chi connectivity index (χ2n) is 5.25. The van der Waals surface area contributed by atoms with Crippen LogP contribution in [0.1, 0.15) is 10.4 Å². The molecule has 1 aliphatic rings. The lowest BCUT2D eigenvalue weighted by Crippen LogP contribution is -2.45. The number of piperazine rings is 1. The second-order valence-corrected chi connectivity index (χ2v) is 6.26. The van der Waals surface area contributed by atoms with Gasteiger partial charge in [0.05, 0.1) is 6.20 Å². The number of hydrogen-bond acceptors (Lipinski definition) is 4. The molecule has 1 aromatic heterocycles. The van der Waals surface area contributed by atoms with E-state index < -0.39 is 11.1 Å². The van der Waals surface area contributed by atoms with E-state index in [4.69, 9.17) is 0 Å². The summed E-state index contributed by atoms with van der Waals surface area (Å²) in [5.41, 5.74) is 1.25. The van der Waals surface area contributed by atoms with Crippen molar-refractivity contribution in [3.05, 3.63) is 47.0 Å². The number of halogens is 3. The zero-order valence-corrected chi connectivity index (χ0v) is 12.7. The molecule has 0 amide bonds. The number of thiazole rings is 1. The second kappa shape index (κ2) is 6.26. The first-order valence-corrected chi connectivity index (χ1v) is 7.88. The Bertz CT molecular complexity index is 604. The molecular formula is C15H16F3N3S. The Labute approximate surface area is 131 Å². The summed E-state index contributed by atoms with van der Waals surface area (Å²) in [5.74, 6) is 0. The molecule has 0 spiro atoms. The number of rotatable bonds is 3. The van der Waals surface area contributed by atoms with Gasteiger partial charge in [-0.1, -0.05) is 41.7 Å². The summed E-state index contributed by atoms with van der Waals surface area (Å²) < 4.78 is 37.8. The molecule has 0 aliphatic carbocycles. The molecule has 0 N–H and O–H groups in total. The first kappa shape index (κ1) is 15.3. The standard InChI is InChI=1S/C15H16F3N3S/c16-15(17,18)13-10-19-14(22-13)21-8-6-20(7-9-21)11-12-4-2-1-3-5-12/h1-5,10H,6-9,11H2. The molecule has 1 saturated heterocycles. The van der Waals surface area contributed by atoms with Crippen molar-refractivity contribution >= 4 is 16.5 Å². The van der Waals surface area contributed by atoms with E-state index in [0.29, 0.717) is 18.2 Å². The predicted octanol–water partition coefficient (Wildman–Crippen LogP) is 3.48. The number of benzene rings is 1. The van der Waals surface area contributed by atoms with Gasteiger partial charge in [-0.15, -0.1) is 0 Å². The van der Waals surface area contributed by atoms with Crippen LogP contribution in [0.2, 0.25) is 0 Å². The maximum Gasteiger partial charge on any atom is 0.427 e. The van der Waals surface area contributed by atoms with Crippen LogP contribution in [-0.4, -0.2) is 36.1 Å². The number of hydrogen-bond donors (Lipinski definition) is 0. The Morgan fingerprint density at radius 1 is 1.05 bits per heavy atom. The van der Waals surface area contributed by atoms with E-state index in [1.807, 2.05) is 23.1 Å². The van der Waals surface area contributed by atoms with Crippen molar-refractivity contribution in [1.29, 1.82) is 0 Å². The average Bonchev–Trinajstić information content (AvgIpc) is 2.99. The predicted molar refractivity (Wildman–Crippen MR) is 81.0 cm³/mol. The Kier molecular flexibility index (Phi) is 4.35. The Morgan fingerprint density at radius 2 is 1.73 bits per heavy atom. The topological polar surface area (TPSA) is 19.4 Å². The number of anilines is 1. The summed E-state index contributed by atoms with van der Waals surface area (Å²) in [7, 11) is 0. The first-order valence-electron chi connectivity index (χ1n) is 7.06. The molecule has 22 heavy (non-hydrogen) atoms. The molecule has 1 fully saturated rings. The van der Waals surface area contributed by atoms with E-state index in [9.17, 15) is 13.2 Å². The third-order valence-corrected chi connectivity index (χ3v) is 4.77. The third-order valence-electron chi connectivity index (χ3n) is 3.66. The molecule has 1 aliphatic heterocycles. The quantitative estimate of drug-likeness (QED) is 0.860.